The molecule has 2 nitrogen and oxygen atoms in total. The summed E-state index contributed by atoms with van der Waals surface area (Å²) < 4.78 is 11.4. The van der Waals surface area contributed by atoms with Crippen molar-refractivity contribution in [3.05, 3.63) is 42.5 Å². The summed E-state index contributed by atoms with van der Waals surface area (Å²) in [5.41, 5.74) is 1.21. The van der Waals surface area contributed by atoms with Crippen molar-refractivity contribution >= 4 is 11.8 Å². The third-order valence-corrected chi connectivity index (χ3v) is 5.11. The third kappa shape index (κ3) is 5.17. The lowest BCUT2D eigenvalue weighted by Gasteiger charge is -2.39. The van der Waals surface area contributed by atoms with Gasteiger partial charge in [-0.15, -0.1) is 18.3 Å². The van der Waals surface area contributed by atoms with E-state index in [1.54, 1.807) is 14.2 Å². The zero-order valence-electron chi connectivity index (χ0n) is 13.9. The summed E-state index contributed by atoms with van der Waals surface area (Å²) in [4.78, 5) is 1.27. The van der Waals surface area contributed by atoms with Crippen LogP contribution in [-0.2, 0) is 9.47 Å². The van der Waals surface area contributed by atoms with E-state index in [0.717, 1.165) is 12.2 Å². The number of rotatable bonds is 9. The van der Waals surface area contributed by atoms with E-state index in [1.807, 2.05) is 17.8 Å². The summed E-state index contributed by atoms with van der Waals surface area (Å²) in [6.07, 6.45) is 2.97. The van der Waals surface area contributed by atoms with E-state index >= 15 is 0 Å². The van der Waals surface area contributed by atoms with Crippen LogP contribution in [0.2, 0.25) is 0 Å². The van der Waals surface area contributed by atoms with Crippen LogP contribution in [0.25, 0.3) is 0 Å². The Morgan fingerprint density at radius 1 is 1.14 bits per heavy atom. The molecule has 2 atom stereocenters. The first-order valence-electron chi connectivity index (χ1n) is 7.31. The highest BCUT2D eigenvalue weighted by atomic mass is 32.2. The first-order chi connectivity index (χ1) is 9.95. The molecule has 118 valence electrons. The van der Waals surface area contributed by atoms with Gasteiger partial charge < -0.3 is 9.47 Å². The van der Waals surface area contributed by atoms with Gasteiger partial charge in [0.1, 0.15) is 0 Å². The predicted octanol–water partition coefficient (Wildman–Crippen LogP) is 4.72. The van der Waals surface area contributed by atoms with Gasteiger partial charge in [0, 0.05) is 30.3 Å². The molecule has 0 aliphatic heterocycles. The molecule has 0 bridgehead atoms. The third-order valence-electron chi connectivity index (χ3n) is 4.03. The highest BCUT2D eigenvalue weighted by Crippen LogP contribution is 2.35. The summed E-state index contributed by atoms with van der Waals surface area (Å²) in [5.74, 6) is 0.906. The Kier molecular flexibility index (Phi) is 7.50. The van der Waals surface area contributed by atoms with Crippen molar-refractivity contribution in [3.63, 3.8) is 0 Å². The summed E-state index contributed by atoms with van der Waals surface area (Å²) in [6, 6.07) is 8.62. The fourth-order valence-electron chi connectivity index (χ4n) is 2.46. The number of benzene rings is 1. The summed E-state index contributed by atoms with van der Waals surface area (Å²) >= 11 is 1.83. The van der Waals surface area contributed by atoms with Gasteiger partial charge in [-0.05, 0) is 25.5 Å². The molecular weight excluding hydrogens is 280 g/mol. The van der Waals surface area contributed by atoms with Crippen LogP contribution >= 0.6 is 11.8 Å². The molecule has 0 saturated heterocycles. The van der Waals surface area contributed by atoms with Crippen LogP contribution in [0.3, 0.4) is 0 Å². The topological polar surface area (TPSA) is 18.5 Å². The minimum absolute atomic E-state index is 0.0740. The standard InChI is InChI=1S/C18H28O2S/c1-7-8-16(19-5)18(3,4)17(20-6)13-21-15-11-9-14(2)10-12-15/h7,9-12,16-17H,1,8,13H2,2-6H3/t16-,17-/m0/s1. The molecule has 0 saturated carbocycles. The predicted molar refractivity (Wildman–Crippen MR) is 92.1 cm³/mol. The fraction of sp³-hybridized carbons (Fsp3) is 0.556. The zero-order valence-corrected chi connectivity index (χ0v) is 14.7. The summed E-state index contributed by atoms with van der Waals surface area (Å²) in [6.45, 7) is 10.3. The molecule has 0 N–H and O–H groups in total. The van der Waals surface area contributed by atoms with Gasteiger partial charge in [-0.1, -0.05) is 37.6 Å². The lowest BCUT2D eigenvalue weighted by molar-refractivity contribution is -0.0723. The molecule has 3 heteroatoms. The van der Waals surface area contributed by atoms with Crippen LogP contribution in [0, 0.1) is 12.3 Å². The molecule has 0 spiro atoms. The molecule has 1 rings (SSSR count). The lowest BCUT2D eigenvalue weighted by atomic mass is 9.79. The highest BCUT2D eigenvalue weighted by Gasteiger charge is 2.37. The summed E-state index contributed by atoms with van der Waals surface area (Å²) in [5, 5.41) is 0. The van der Waals surface area contributed by atoms with Crippen LogP contribution in [0.4, 0.5) is 0 Å². The van der Waals surface area contributed by atoms with Crippen LogP contribution in [0.15, 0.2) is 41.8 Å². The smallest absolute Gasteiger partial charge is 0.0740 e. The zero-order chi connectivity index (χ0) is 15.9. The van der Waals surface area contributed by atoms with E-state index in [2.05, 4.69) is 51.6 Å². The van der Waals surface area contributed by atoms with Crippen LogP contribution in [0.1, 0.15) is 25.8 Å². The number of methoxy groups -OCH3 is 2. The van der Waals surface area contributed by atoms with Gasteiger partial charge in [0.25, 0.3) is 0 Å². The van der Waals surface area contributed by atoms with Gasteiger partial charge in [0.2, 0.25) is 0 Å². The van der Waals surface area contributed by atoms with Crippen molar-refractivity contribution in [2.75, 3.05) is 20.0 Å². The Balaban J connectivity index is 2.72. The van der Waals surface area contributed by atoms with Gasteiger partial charge in [0.15, 0.2) is 0 Å². The Bertz CT molecular complexity index is 425. The van der Waals surface area contributed by atoms with E-state index in [0.29, 0.717) is 0 Å². The Labute approximate surface area is 133 Å². The number of hydrogen-bond acceptors (Lipinski definition) is 3. The first kappa shape index (κ1) is 18.3. The van der Waals surface area contributed by atoms with Gasteiger partial charge in [-0.2, -0.15) is 0 Å². The molecule has 0 aliphatic carbocycles. The average molecular weight is 308 g/mol. The lowest BCUT2D eigenvalue weighted by Crippen LogP contribution is -2.43. The average Bonchev–Trinajstić information content (AvgIpc) is 2.46. The number of hydrogen-bond donors (Lipinski definition) is 0. The van der Waals surface area contributed by atoms with E-state index in [9.17, 15) is 0 Å². The van der Waals surface area contributed by atoms with Crippen LogP contribution in [0.5, 0.6) is 0 Å². The molecule has 0 fully saturated rings. The second-order valence-corrected chi connectivity index (χ2v) is 7.01. The molecule has 21 heavy (non-hydrogen) atoms. The molecule has 0 radical (unpaired) electrons. The number of aryl methyl sites for hydroxylation is 1. The molecule has 0 unspecified atom stereocenters. The molecule has 1 aromatic carbocycles. The van der Waals surface area contributed by atoms with Gasteiger partial charge in [-0.3, -0.25) is 0 Å². The van der Waals surface area contributed by atoms with E-state index < -0.39 is 0 Å². The van der Waals surface area contributed by atoms with E-state index in [-0.39, 0.29) is 17.6 Å². The van der Waals surface area contributed by atoms with Crippen LogP contribution in [-0.4, -0.2) is 32.2 Å². The van der Waals surface area contributed by atoms with Gasteiger partial charge in [-0.25, -0.2) is 0 Å². The van der Waals surface area contributed by atoms with Crippen molar-refractivity contribution in [3.8, 4) is 0 Å². The second-order valence-electron chi connectivity index (χ2n) is 5.92. The van der Waals surface area contributed by atoms with E-state index in [1.165, 1.54) is 10.5 Å². The Hall–Kier alpha value is -0.770. The maximum atomic E-state index is 5.75. The van der Waals surface area contributed by atoms with Crippen molar-refractivity contribution in [2.45, 2.75) is 44.3 Å². The van der Waals surface area contributed by atoms with Crippen molar-refractivity contribution in [1.82, 2.24) is 0 Å². The van der Waals surface area contributed by atoms with E-state index in [4.69, 9.17) is 9.47 Å². The molecule has 0 aliphatic rings. The molecule has 0 amide bonds. The maximum Gasteiger partial charge on any atom is 0.0740 e. The number of thioether (sulfide) groups is 1. The monoisotopic (exact) mass is 308 g/mol. The number of ether oxygens (including phenoxy) is 2. The Morgan fingerprint density at radius 3 is 2.19 bits per heavy atom. The SMILES string of the molecule is C=CC[C@H](OC)C(C)(C)[C@H](CSc1ccc(C)cc1)OC. The van der Waals surface area contributed by atoms with Gasteiger partial charge in [0.05, 0.1) is 12.2 Å². The minimum atomic E-state index is -0.0740. The highest BCUT2D eigenvalue weighted by molar-refractivity contribution is 7.99. The quantitative estimate of drug-likeness (QED) is 0.486. The minimum Gasteiger partial charge on any atom is -0.380 e. The molecule has 1 aromatic rings. The second kappa shape index (κ2) is 8.62. The maximum absolute atomic E-state index is 5.75. The molecular formula is C18H28O2S. The fourth-order valence-corrected chi connectivity index (χ4v) is 3.69. The van der Waals surface area contributed by atoms with Crippen molar-refractivity contribution in [1.29, 1.82) is 0 Å². The van der Waals surface area contributed by atoms with Crippen LogP contribution < -0.4 is 0 Å². The molecule has 0 aromatic heterocycles. The van der Waals surface area contributed by atoms with Gasteiger partial charge >= 0.3 is 0 Å². The molecule has 0 heterocycles. The first-order valence-corrected chi connectivity index (χ1v) is 8.30. The van der Waals surface area contributed by atoms with Crippen molar-refractivity contribution < 1.29 is 9.47 Å². The Morgan fingerprint density at radius 2 is 1.71 bits per heavy atom. The largest absolute Gasteiger partial charge is 0.380 e. The van der Waals surface area contributed by atoms with Crippen molar-refractivity contribution in [2.24, 2.45) is 5.41 Å². The summed E-state index contributed by atoms with van der Waals surface area (Å²) in [7, 11) is 3.54. The normalized spacial score (nSPS) is 14.7.